The third-order valence-electron chi connectivity index (χ3n) is 18.9. The molecule has 8 atom stereocenters. The van der Waals surface area contributed by atoms with Crippen molar-refractivity contribution in [1.82, 2.24) is 34.6 Å². The van der Waals surface area contributed by atoms with Crippen LogP contribution in [0, 0.1) is 32.2 Å². The molecule has 2 saturated heterocycles. The highest BCUT2D eigenvalue weighted by Crippen LogP contribution is 2.49. The molecule has 2 fully saturated rings. The Morgan fingerprint density at radius 3 is 1.28 bits per heavy atom. The van der Waals surface area contributed by atoms with Gasteiger partial charge in [-0.25, -0.2) is 45.0 Å². The number of ether oxygens (including phenoxy) is 1. The molecule has 0 radical (unpaired) electrons. The first-order valence-corrected chi connectivity index (χ1v) is 51.7. The van der Waals surface area contributed by atoms with Crippen molar-refractivity contribution in [3.8, 4) is 0 Å². The molecule has 5 N–H and O–H groups in total. The second-order valence-electron chi connectivity index (χ2n) is 32.9. The van der Waals surface area contributed by atoms with E-state index in [-0.39, 0.29) is 30.4 Å². The van der Waals surface area contributed by atoms with Crippen molar-refractivity contribution < 1.29 is 64.1 Å². The minimum absolute atomic E-state index is 0.0626. The number of fused-ring (bicyclic) bond motifs is 2. The predicted octanol–water partition coefficient (Wildman–Crippen LogP) is 20.7. The highest BCUT2D eigenvalue weighted by atomic mass is 32.2. The van der Waals surface area contributed by atoms with Crippen molar-refractivity contribution in [2.75, 3.05) is 130 Å². The SMILES string of the molecule is CN(C)c1cccc2c(S(=O)[O-])cccc12.[C-]#[N+]CCOP(OCCCCCCC)N(C(C)C)C(C)C.[C-]#[N+]CCOP(OCCCCCCN)N(C(C)C)C(C)C.[C-]#[N+]CCOP(OCCCCCCNC(=O)CCCCC1SCC2CC(=O)NC21)N(C(C)C)C(C)C.[C-]#[N+]CCOP(OCCCCCCNCC(=O)OC(C)C)N(C(C)C)C(C)C. The zero-order valence-electron chi connectivity index (χ0n) is 78.9. The molecular weight excluding hydrogens is 1660 g/mol. The average molecular weight is 1830 g/mol. The summed E-state index contributed by atoms with van der Waals surface area (Å²) in [5.41, 5.74) is 6.51. The van der Waals surface area contributed by atoms with Crippen molar-refractivity contribution in [2.45, 2.75) is 343 Å². The van der Waals surface area contributed by atoms with Gasteiger partial charge in [0.15, 0.2) is 0 Å². The minimum Gasteiger partial charge on any atom is -0.768 e. The number of hydrogen-bond acceptors (Lipinski definition) is 22. The van der Waals surface area contributed by atoms with Gasteiger partial charge in [-0.3, -0.25) is 18.6 Å². The van der Waals surface area contributed by atoms with Crippen molar-refractivity contribution in [1.29, 1.82) is 0 Å². The molecule has 0 bridgehead atoms. The third-order valence-corrected chi connectivity index (χ3v) is 29.6. The molecule has 0 aliphatic carbocycles. The molecule has 2 heterocycles. The van der Waals surface area contributed by atoms with Crippen molar-refractivity contribution in [3.05, 3.63) is 82.1 Å². The second-order valence-corrected chi connectivity index (χ2v) is 40.9. The minimum atomic E-state index is -2.19. The zero-order chi connectivity index (χ0) is 91.6. The van der Waals surface area contributed by atoms with E-state index in [1.807, 2.05) is 68.9 Å². The summed E-state index contributed by atoms with van der Waals surface area (Å²) in [6, 6.07) is 14.1. The summed E-state index contributed by atoms with van der Waals surface area (Å²) in [7, 11) is -0.529. The number of esters is 1. The number of carbonyl (C=O) groups is 3. The maximum atomic E-state index is 12.1. The van der Waals surface area contributed by atoms with E-state index in [0.717, 1.165) is 151 Å². The fourth-order valence-electron chi connectivity index (χ4n) is 13.5. The number of unbranched alkanes of at least 4 members (excludes halogenated alkanes) is 14. The van der Waals surface area contributed by atoms with Crippen LogP contribution >= 0.6 is 45.9 Å². The second kappa shape index (κ2) is 75.3. The third kappa shape index (κ3) is 55.4. The molecule has 2 aliphatic heterocycles. The summed E-state index contributed by atoms with van der Waals surface area (Å²) in [4.78, 5) is 50.8. The number of hydrogen-bond donors (Lipinski definition) is 4. The quantitative estimate of drug-likeness (QED) is 0.0158. The van der Waals surface area contributed by atoms with Gasteiger partial charge in [-0.2, -0.15) is 11.8 Å². The Labute approximate surface area is 752 Å². The molecular formula is C89H164N13O14P4S2-. The Morgan fingerprint density at radius 1 is 0.525 bits per heavy atom. The molecule has 2 aromatic rings. The van der Waals surface area contributed by atoms with Gasteiger partial charge >= 0.3 is 5.97 Å². The largest absolute Gasteiger partial charge is 0.768 e. The van der Waals surface area contributed by atoms with Gasteiger partial charge in [0.2, 0.25) is 38.0 Å². The van der Waals surface area contributed by atoms with Gasteiger partial charge in [-0.1, -0.05) is 102 Å². The Kier molecular flexibility index (Phi) is 73.2. The molecule has 0 aromatic heterocycles. The van der Waals surface area contributed by atoms with Crippen LogP contribution in [-0.4, -0.2) is 236 Å². The monoisotopic (exact) mass is 1830 g/mol. The van der Waals surface area contributed by atoms with Crippen LogP contribution in [0.3, 0.4) is 0 Å². The number of nitrogens with zero attached hydrogens (tertiary/aromatic N) is 9. The van der Waals surface area contributed by atoms with Crippen molar-refractivity contribution in [3.63, 3.8) is 0 Å². The standard InChI is InChI=1S/C26H47N4O4PS.C20H40N3O4P.C16H33N2O2P.C15H32N3O2P.C12H13NO2S/c1-20(2)30(21(3)4)35(34-17-15-27-5)33-16-11-7-6-10-14-28-24(31)13-9-8-12-23-26-22(19-36-23)18-25(32)29-26;1-17(2)23(18(3)4)28(26-15-13-21-7)25-14-11-9-8-10-12-22-16-20(24)27-19(5)6;1-7-8-9-10-11-13-19-21(20-14-12-17-6)18(15(2)3)16(4)5;1-14(2)18(15(3)4)21(20-13-11-17-5)19-12-9-7-6-8-10-16;1-13(2)11-7-3-6-10-9(11)5-4-8-12(10)16(14)15/h20-23,26H,6-19H2,1-4H3,(H,28,31)(H,29,32);17-19,22H,8-16H2,1-6H3;15-16H,7-14H2,1-5H3;14-15H,6-13,16H2,1-4H3;3-8H,1-2H3,(H,14,15)/p-1. The number of anilines is 1. The van der Waals surface area contributed by atoms with E-state index >= 15 is 0 Å². The van der Waals surface area contributed by atoms with Crippen LogP contribution < -0.4 is 26.6 Å². The summed E-state index contributed by atoms with van der Waals surface area (Å²) in [6.45, 7) is 76.5. The normalized spacial score (nSPS) is 15.6. The van der Waals surface area contributed by atoms with Crippen LogP contribution in [0.1, 0.15) is 273 Å². The summed E-state index contributed by atoms with van der Waals surface area (Å²) < 4.78 is 83.9. The zero-order valence-corrected chi connectivity index (χ0v) is 84.1. The molecule has 122 heavy (non-hydrogen) atoms. The molecule has 4 rings (SSSR count). The molecule has 0 spiro atoms. The number of nitrogens with one attached hydrogen (secondary N) is 3. The molecule has 2 aromatic carbocycles. The van der Waals surface area contributed by atoms with Gasteiger partial charge in [-0.15, -0.1) is 0 Å². The maximum absolute atomic E-state index is 12.1. The fourth-order valence-corrected chi connectivity index (χ4v) is 22.2. The number of thioether (sulfide) groups is 1. The first kappa shape index (κ1) is 118. The van der Waals surface area contributed by atoms with Crippen molar-refractivity contribution >= 4 is 91.2 Å². The summed E-state index contributed by atoms with van der Waals surface area (Å²) in [5, 5.41) is 11.5. The highest BCUT2D eigenvalue weighted by molar-refractivity contribution is 8.00. The molecule has 8 unspecified atom stereocenters. The number of carbonyl (C=O) groups excluding carboxylic acids is 3. The Hall–Kier alpha value is -3.51. The van der Waals surface area contributed by atoms with Gasteiger partial charge in [0.25, 0.3) is 34.1 Å². The predicted molar refractivity (Wildman–Crippen MR) is 510 cm³/mol. The first-order valence-electron chi connectivity index (χ1n) is 45.1. The van der Waals surface area contributed by atoms with Gasteiger partial charge in [-0.05, 0) is 236 Å². The van der Waals surface area contributed by atoms with Gasteiger partial charge in [0, 0.05) is 109 Å². The van der Waals surface area contributed by atoms with E-state index in [1.165, 1.54) is 25.7 Å². The number of rotatable bonds is 64. The summed E-state index contributed by atoms with van der Waals surface area (Å²) >= 11 is -0.207. The Bertz CT molecular complexity index is 3100. The average Bonchev–Trinajstić information content (AvgIpc) is 1.33. The summed E-state index contributed by atoms with van der Waals surface area (Å²) in [5.74, 6) is 1.76. The van der Waals surface area contributed by atoms with Crippen LogP contribution in [0.5, 0.6) is 0 Å². The molecule has 33 heteroatoms. The lowest BCUT2D eigenvalue weighted by Crippen LogP contribution is -2.34. The molecule has 0 saturated carbocycles. The summed E-state index contributed by atoms with van der Waals surface area (Å²) in [6.07, 6.45) is 23.1. The molecule has 2 amide bonds. The molecule has 27 nitrogen and oxygen atoms in total. The van der Waals surface area contributed by atoms with E-state index in [9.17, 15) is 23.1 Å². The number of benzene rings is 2. The number of nitrogens with two attached hydrogens (primary N) is 1. The fraction of sp³-hybridized carbons (Fsp3) is 0.809. The van der Waals surface area contributed by atoms with Crippen molar-refractivity contribution in [2.24, 2.45) is 11.7 Å². The lowest BCUT2D eigenvalue weighted by atomic mass is 9.97. The van der Waals surface area contributed by atoms with Crippen LogP contribution in [0.2, 0.25) is 0 Å². The number of amides is 2. The van der Waals surface area contributed by atoms with Gasteiger partial charge in [0.05, 0.1) is 39.1 Å². The van der Waals surface area contributed by atoms with E-state index < -0.39 is 45.2 Å². The maximum Gasteiger partial charge on any atom is 0.320 e. The van der Waals surface area contributed by atoms with Crippen LogP contribution in [0.25, 0.3) is 30.2 Å². The first-order chi connectivity index (χ1) is 58.3. The van der Waals surface area contributed by atoms with Crippen LogP contribution in [-0.2, 0) is 66.4 Å². The smallest absolute Gasteiger partial charge is 0.320 e. The lowest BCUT2D eigenvalue weighted by molar-refractivity contribution is -0.146. The highest BCUT2D eigenvalue weighted by Gasteiger charge is 2.43. The van der Waals surface area contributed by atoms with Gasteiger partial charge < -0.3 is 91.4 Å². The molecule has 702 valence electrons. The van der Waals surface area contributed by atoms with Gasteiger partial charge in [0.1, 0.15) is 26.4 Å². The van der Waals surface area contributed by atoms with Crippen LogP contribution in [0.15, 0.2) is 41.3 Å². The topological polar surface area (TPSA) is 270 Å². The van der Waals surface area contributed by atoms with E-state index in [0.29, 0.717) is 156 Å². The van der Waals surface area contributed by atoms with Crippen LogP contribution in [0.4, 0.5) is 5.69 Å². The van der Waals surface area contributed by atoms with E-state index in [2.05, 4.69) is 172 Å². The van der Waals surface area contributed by atoms with E-state index in [4.69, 9.17) is 72.9 Å². The Balaban J connectivity index is 0.00000154. The Morgan fingerprint density at radius 2 is 0.902 bits per heavy atom. The van der Waals surface area contributed by atoms with E-state index in [1.54, 1.807) is 12.1 Å². The molecule has 2 aliphatic rings. The lowest BCUT2D eigenvalue weighted by Gasteiger charge is -2.35.